The maximum absolute atomic E-state index is 6.04. The van der Waals surface area contributed by atoms with Crippen LogP contribution >= 0.6 is 23.2 Å². The second-order valence-corrected chi connectivity index (χ2v) is 6.56. The third-order valence-corrected chi connectivity index (χ3v) is 3.73. The maximum Gasteiger partial charge on any atom is 0.228 e. The van der Waals surface area contributed by atoms with Crippen LogP contribution < -0.4 is 4.74 Å². The molecule has 5 heteroatoms. The van der Waals surface area contributed by atoms with Crippen LogP contribution in [-0.4, -0.2) is 9.97 Å². The van der Waals surface area contributed by atoms with Crippen LogP contribution in [0.15, 0.2) is 24.5 Å². The van der Waals surface area contributed by atoms with Crippen LogP contribution in [0.3, 0.4) is 0 Å². The fourth-order valence-corrected chi connectivity index (χ4v) is 2.51. The summed E-state index contributed by atoms with van der Waals surface area (Å²) >= 11 is 12.0. The molecule has 0 N–H and O–H groups in total. The highest BCUT2D eigenvalue weighted by molar-refractivity contribution is 6.31. The minimum Gasteiger partial charge on any atom is -0.438 e. The third kappa shape index (κ3) is 3.66. The molecule has 1 heterocycles. The van der Waals surface area contributed by atoms with Gasteiger partial charge in [0, 0.05) is 5.56 Å². The van der Waals surface area contributed by atoms with E-state index in [4.69, 9.17) is 27.9 Å². The fourth-order valence-electron chi connectivity index (χ4n) is 2.01. The molecule has 21 heavy (non-hydrogen) atoms. The number of aryl methyl sites for hydroxylation is 1. The van der Waals surface area contributed by atoms with Crippen molar-refractivity contribution in [3.8, 4) is 11.6 Å². The molecule has 2 rings (SSSR count). The average Bonchev–Trinajstić information content (AvgIpc) is 2.37. The highest BCUT2D eigenvalue weighted by Crippen LogP contribution is 2.36. The van der Waals surface area contributed by atoms with Crippen molar-refractivity contribution < 1.29 is 4.74 Å². The van der Waals surface area contributed by atoms with Gasteiger partial charge in [-0.1, -0.05) is 44.5 Å². The molecule has 0 unspecified atom stereocenters. The molecule has 0 spiro atoms. The summed E-state index contributed by atoms with van der Waals surface area (Å²) < 4.78 is 6.00. The first-order valence-electron chi connectivity index (χ1n) is 6.67. The predicted octanol–water partition coefficient (Wildman–Crippen LogP) is 5.27. The lowest BCUT2D eigenvalue weighted by Crippen LogP contribution is -2.13. The molecule has 3 nitrogen and oxygen atoms in total. The number of ether oxygens (including phenoxy) is 1. The van der Waals surface area contributed by atoms with Crippen LogP contribution in [0.4, 0.5) is 0 Å². The molecule has 0 fully saturated rings. The highest BCUT2D eigenvalue weighted by atomic mass is 35.5. The maximum atomic E-state index is 6.04. The first kappa shape index (κ1) is 16.1. The van der Waals surface area contributed by atoms with Crippen LogP contribution in [0.1, 0.15) is 37.5 Å². The number of benzene rings is 1. The average molecular weight is 325 g/mol. The van der Waals surface area contributed by atoms with Gasteiger partial charge in [-0.25, -0.2) is 9.97 Å². The molecular weight excluding hydrogens is 307 g/mol. The van der Waals surface area contributed by atoms with Crippen molar-refractivity contribution in [3.63, 3.8) is 0 Å². The summed E-state index contributed by atoms with van der Waals surface area (Å²) in [6, 6.07) is 6.14. The number of hydrogen-bond acceptors (Lipinski definition) is 3. The van der Waals surface area contributed by atoms with Gasteiger partial charge in [-0.2, -0.15) is 0 Å². The number of aromatic nitrogens is 2. The standard InChI is InChI=1S/C16H18Cl2N2O/c1-10-5-6-12(16(2,3)4)13(7-10)21-15-11(8-17)14(18)19-9-20-15/h5-7,9H,8H2,1-4H3. The fraction of sp³-hybridized carbons (Fsp3) is 0.375. The van der Waals surface area contributed by atoms with Crippen LogP contribution in [0.5, 0.6) is 11.6 Å². The van der Waals surface area contributed by atoms with Crippen molar-refractivity contribution in [1.29, 1.82) is 0 Å². The largest absolute Gasteiger partial charge is 0.438 e. The Bertz CT molecular complexity index is 651. The Balaban J connectivity index is 2.49. The Morgan fingerprint density at radius 3 is 2.52 bits per heavy atom. The van der Waals surface area contributed by atoms with Gasteiger partial charge in [-0.05, 0) is 24.0 Å². The predicted molar refractivity (Wildman–Crippen MR) is 86.6 cm³/mol. The molecule has 112 valence electrons. The summed E-state index contributed by atoms with van der Waals surface area (Å²) in [6.07, 6.45) is 1.38. The second kappa shape index (κ2) is 6.20. The van der Waals surface area contributed by atoms with Gasteiger partial charge in [0.1, 0.15) is 17.2 Å². The summed E-state index contributed by atoms with van der Waals surface area (Å²) in [6.45, 7) is 8.44. The molecule has 0 aliphatic heterocycles. The minimum atomic E-state index is -0.0407. The summed E-state index contributed by atoms with van der Waals surface area (Å²) in [7, 11) is 0. The van der Waals surface area contributed by atoms with Gasteiger partial charge in [0.15, 0.2) is 0 Å². The molecule has 0 radical (unpaired) electrons. The molecule has 0 aliphatic carbocycles. The number of rotatable bonds is 3. The van der Waals surface area contributed by atoms with Crippen LogP contribution in [0.2, 0.25) is 5.15 Å². The van der Waals surface area contributed by atoms with E-state index in [0.29, 0.717) is 16.6 Å². The van der Waals surface area contributed by atoms with Crippen molar-refractivity contribution >= 4 is 23.2 Å². The third-order valence-electron chi connectivity index (χ3n) is 3.14. The molecule has 0 atom stereocenters. The Morgan fingerprint density at radius 1 is 1.19 bits per heavy atom. The van der Waals surface area contributed by atoms with Crippen LogP contribution in [0, 0.1) is 6.92 Å². The van der Waals surface area contributed by atoms with Gasteiger partial charge < -0.3 is 4.74 Å². The molecule has 2 aromatic rings. The summed E-state index contributed by atoms with van der Waals surface area (Å²) in [4.78, 5) is 8.09. The van der Waals surface area contributed by atoms with E-state index in [0.717, 1.165) is 16.9 Å². The van der Waals surface area contributed by atoms with Crippen LogP contribution in [-0.2, 0) is 11.3 Å². The second-order valence-electron chi connectivity index (χ2n) is 5.93. The first-order chi connectivity index (χ1) is 9.82. The van der Waals surface area contributed by atoms with E-state index in [1.807, 2.05) is 13.0 Å². The van der Waals surface area contributed by atoms with Crippen molar-refractivity contribution in [2.75, 3.05) is 0 Å². The lowest BCUT2D eigenvalue weighted by Gasteiger charge is -2.23. The van der Waals surface area contributed by atoms with E-state index in [1.54, 1.807) is 0 Å². The monoisotopic (exact) mass is 324 g/mol. The summed E-state index contributed by atoms with van der Waals surface area (Å²) in [5.74, 6) is 1.37. The summed E-state index contributed by atoms with van der Waals surface area (Å²) in [5, 5.41) is 0.319. The van der Waals surface area contributed by atoms with E-state index in [2.05, 4.69) is 42.9 Å². The number of nitrogens with zero attached hydrogens (tertiary/aromatic N) is 2. The molecule has 0 bridgehead atoms. The number of alkyl halides is 1. The Morgan fingerprint density at radius 2 is 1.90 bits per heavy atom. The molecule has 0 aliphatic rings. The van der Waals surface area contributed by atoms with E-state index < -0.39 is 0 Å². The highest BCUT2D eigenvalue weighted by Gasteiger charge is 2.21. The van der Waals surface area contributed by atoms with E-state index >= 15 is 0 Å². The van der Waals surface area contributed by atoms with Crippen LogP contribution in [0.25, 0.3) is 0 Å². The van der Waals surface area contributed by atoms with Crippen molar-refractivity contribution in [1.82, 2.24) is 9.97 Å². The van der Waals surface area contributed by atoms with Gasteiger partial charge >= 0.3 is 0 Å². The number of halogens is 2. The zero-order valence-electron chi connectivity index (χ0n) is 12.6. The van der Waals surface area contributed by atoms with Crippen molar-refractivity contribution in [2.24, 2.45) is 0 Å². The SMILES string of the molecule is Cc1ccc(C(C)(C)C)c(Oc2ncnc(Cl)c2CCl)c1. The Labute approximate surface area is 135 Å². The molecule has 0 saturated heterocycles. The molecule has 1 aromatic carbocycles. The smallest absolute Gasteiger partial charge is 0.228 e. The normalized spacial score (nSPS) is 11.5. The van der Waals surface area contributed by atoms with E-state index in [1.165, 1.54) is 6.33 Å². The zero-order valence-corrected chi connectivity index (χ0v) is 14.1. The van der Waals surface area contributed by atoms with Crippen molar-refractivity contribution in [3.05, 3.63) is 46.4 Å². The molecular formula is C16H18Cl2N2O. The molecule has 0 amide bonds. The quantitative estimate of drug-likeness (QED) is 0.570. The topological polar surface area (TPSA) is 35.0 Å². The molecule has 1 aromatic heterocycles. The number of hydrogen-bond donors (Lipinski definition) is 0. The lowest BCUT2D eigenvalue weighted by molar-refractivity contribution is 0.434. The zero-order chi connectivity index (χ0) is 15.6. The molecule has 0 saturated carbocycles. The Kier molecular flexibility index (Phi) is 4.74. The van der Waals surface area contributed by atoms with Gasteiger partial charge in [0.2, 0.25) is 5.88 Å². The van der Waals surface area contributed by atoms with E-state index in [-0.39, 0.29) is 11.3 Å². The van der Waals surface area contributed by atoms with Gasteiger partial charge in [0.25, 0.3) is 0 Å². The van der Waals surface area contributed by atoms with Gasteiger partial charge in [0.05, 0.1) is 11.4 Å². The van der Waals surface area contributed by atoms with Gasteiger partial charge in [-0.3, -0.25) is 0 Å². The first-order valence-corrected chi connectivity index (χ1v) is 7.58. The Hall–Kier alpha value is -1.32. The summed E-state index contributed by atoms with van der Waals surface area (Å²) in [5.41, 5.74) is 2.78. The van der Waals surface area contributed by atoms with E-state index in [9.17, 15) is 0 Å². The van der Waals surface area contributed by atoms with Gasteiger partial charge in [-0.15, -0.1) is 11.6 Å². The van der Waals surface area contributed by atoms with Crippen molar-refractivity contribution in [2.45, 2.75) is 39.0 Å². The minimum absolute atomic E-state index is 0.0407. The lowest BCUT2D eigenvalue weighted by atomic mass is 9.86.